The molecule has 0 amide bonds. The van der Waals surface area contributed by atoms with Crippen molar-refractivity contribution in [2.24, 2.45) is 0 Å². The molecule has 12 rings (SSSR count). The summed E-state index contributed by atoms with van der Waals surface area (Å²) in [6, 6.07) is 64.2. The standard InChI is InChI=1S/C30H26N4.C28H23N5O.Ir.Pt/c1-3-13-25(14-4-1)33-23-31(27-17-7-9-19-29(27)33)21-11-12-22-32-24-34(26-15-5-2-6-16-26)30-20-10-8-18-28(30)32;1-2-8-21(9-3-1)32-20-33(28-12-5-4-11-27(28)32)22-16-24(19-29-18-22)34-23-13-15-31-26(17-23)25-10-6-7-14-30-25;;/h1-10,13,15,17-20,23-24H,11-12,21-22H2;4-7,11-15,18-21H,1-3,8-9H2;;/q2*-4;;. The molecule has 1 fully saturated rings. The largest absolute Gasteiger partial charge is 0.509 e. The van der Waals surface area contributed by atoms with Gasteiger partial charge in [0, 0.05) is 92.8 Å². The zero-order valence-electron chi connectivity index (χ0n) is 38.3. The van der Waals surface area contributed by atoms with Gasteiger partial charge in [-0.2, -0.15) is 92.8 Å². The van der Waals surface area contributed by atoms with Crippen molar-refractivity contribution < 1.29 is 45.9 Å². The minimum atomic E-state index is 0. The fourth-order valence-corrected chi connectivity index (χ4v) is 9.36. The normalized spacial score (nSPS) is 14.7. The molecule has 0 spiro atoms. The summed E-state index contributed by atoms with van der Waals surface area (Å²) >= 11 is 0. The van der Waals surface area contributed by atoms with Crippen LogP contribution in [-0.2, 0) is 41.2 Å². The number of ether oxygens (including phenoxy) is 1. The molecule has 0 atom stereocenters. The van der Waals surface area contributed by atoms with Crippen LogP contribution in [0.15, 0.2) is 164 Å². The molecule has 0 unspecified atom stereocenters. The van der Waals surface area contributed by atoms with Crippen molar-refractivity contribution in [3.05, 3.63) is 215 Å². The monoisotopic (exact) mass is 1280 g/mol. The van der Waals surface area contributed by atoms with Crippen molar-refractivity contribution >= 4 is 51.2 Å². The summed E-state index contributed by atoms with van der Waals surface area (Å²) in [6.07, 6.45) is 15.4. The molecule has 0 N–H and O–H groups in total. The Balaban J connectivity index is 0.000000169. The van der Waals surface area contributed by atoms with Crippen molar-refractivity contribution in [3.8, 4) is 22.9 Å². The van der Waals surface area contributed by atoms with E-state index in [2.05, 4.69) is 192 Å². The minimum Gasteiger partial charge on any atom is -0.509 e. The summed E-state index contributed by atoms with van der Waals surface area (Å²) in [5.41, 5.74) is 11.4. The van der Waals surface area contributed by atoms with Gasteiger partial charge in [-0.1, -0.05) is 67.5 Å². The molecular weight excluding hydrogens is 1230 g/mol. The van der Waals surface area contributed by atoms with Gasteiger partial charge in [0.2, 0.25) is 0 Å². The zero-order valence-corrected chi connectivity index (χ0v) is 43.0. The number of benzene rings is 5. The number of pyridine rings is 3. The first kappa shape index (κ1) is 48.5. The second-order valence-corrected chi connectivity index (χ2v) is 17.0. The van der Waals surface area contributed by atoms with Crippen LogP contribution < -0.4 is 34.1 Å². The maximum Gasteiger partial charge on any atom is 0.0326 e. The van der Waals surface area contributed by atoms with Crippen molar-refractivity contribution in [2.75, 3.05) is 42.5 Å². The number of hydrogen-bond donors (Lipinski definition) is 0. The van der Waals surface area contributed by atoms with Gasteiger partial charge in [0.15, 0.2) is 0 Å². The number of para-hydroxylation sites is 8. The molecule has 3 aromatic heterocycles. The van der Waals surface area contributed by atoms with Crippen molar-refractivity contribution in [1.82, 2.24) is 15.0 Å². The first-order valence-corrected chi connectivity index (χ1v) is 23.4. The number of fused-ring (bicyclic) bond motifs is 3. The van der Waals surface area contributed by atoms with E-state index in [1.807, 2.05) is 36.5 Å². The van der Waals surface area contributed by atoms with E-state index in [1.54, 1.807) is 30.7 Å². The number of unbranched alkanes of at least 4 members (excludes halogenated alkanes) is 1. The molecule has 359 valence electrons. The molecule has 8 aromatic rings. The summed E-state index contributed by atoms with van der Waals surface area (Å²) in [7, 11) is 0. The van der Waals surface area contributed by atoms with Gasteiger partial charge in [-0.3, -0.25) is 0 Å². The van der Waals surface area contributed by atoms with Crippen molar-refractivity contribution in [2.45, 2.75) is 51.0 Å². The van der Waals surface area contributed by atoms with E-state index in [4.69, 9.17) is 4.74 Å². The fourth-order valence-electron chi connectivity index (χ4n) is 9.36. The van der Waals surface area contributed by atoms with Crippen LogP contribution in [0.4, 0.5) is 51.2 Å². The number of anilines is 9. The molecule has 1 saturated carbocycles. The zero-order chi connectivity index (χ0) is 45.5. The maximum atomic E-state index is 6.06. The molecule has 6 heterocycles. The molecule has 5 aromatic carbocycles. The average Bonchev–Trinajstić information content (AvgIpc) is 4.11. The van der Waals surface area contributed by atoms with Gasteiger partial charge in [0.05, 0.1) is 0 Å². The molecule has 0 saturated heterocycles. The van der Waals surface area contributed by atoms with Crippen molar-refractivity contribution in [1.29, 1.82) is 0 Å². The number of nitrogens with zero attached hydrogens (tertiary/aromatic N) is 9. The summed E-state index contributed by atoms with van der Waals surface area (Å²) in [5.74, 6) is 1.03. The SMILES string of the molecule is [Ir].[Pt].[c-]1c(Oc2[c-]c(-c3[c-]cccn3)ncc2)cncc1N1[CH-]N(C2CCCCC2)c2ccccc21.[c-]1ccccc1N1[CH-]N(CCCCN2[CH-]N(c3[c-]cccc3)c3ccccc32)c2ccccc21. The van der Waals surface area contributed by atoms with E-state index in [-0.39, 0.29) is 41.2 Å². The quantitative estimate of drug-likeness (QED) is 0.0873. The minimum absolute atomic E-state index is 0. The Labute approximate surface area is 440 Å². The first-order chi connectivity index (χ1) is 33.7. The van der Waals surface area contributed by atoms with E-state index in [0.717, 1.165) is 48.7 Å². The average molecular weight is 1280 g/mol. The molecular formula is C58H49IrN9OPt-8. The van der Waals surface area contributed by atoms with Crippen LogP contribution in [0, 0.1) is 50.3 Å². The Morgan fingerprint density at radius 1 is 0.500 bits per heavy atom. The molecule has 4 aliphatic rings. The molecule has 12 heteroatoms. The van der Waals surface area contributed by atoms with Gasteiger partial charge >= 0.3 is 0 Å². The molecule has 70 heavy (non-hydrogen) atoms. The predicted molar refractivity (Wildman–Crippen MR) is 271 cm³/mol. The van der Waals surface area contributed by atoms with Crippen LogP contribution in [0.5, 0.6) is 11.5 Å². The Hall–Kier alpha value is -6.51. The maximum absolute atomic E-state index is 6.06. The Morgan fingerprint density at radius 3 is 1.63 bits per heavy atom. The fraction of sp³-hybridized carbons (Fsp3) is 0.172. The van der Waals surface area contributed by atoms with Gasteiger partial charge in [-0.15, -0.1) is 41.0 Å². The first-order valence-electron chi connectivity index (χ1n) is 23.4. The van der Waals surface area contributed by atoms with Crippen LogP contribution in [0.2, 0.25) is 0 Å². The number of rotatable bonds is 12. The number of aromatic nitrogens is 3. The van der Waals surface area contributed by atoms with Gasteiger partial charge in [-0.05, 0) is 93.8 Å². The van der Waals surface area contributed by atoms with E-state index in [0.29, 0.717) is 28.9 Å². The van der Waals surface area contributed by atoms with Crippen LogP contribution >= 0.6 is 0 Å². The van der Waals surface area contributed by atoms with E-state index in [9.17, 15) is 0 Å². The molecule has 1 radical (unpaired) electrons. The Morgan fingerprint density at radius 2 is 1.04 bits per heavy atom. The third-order valence-corrected chi connectivity index (χ3v) is 12.6. The second-order valence-electron chi connectivity index (χ2n) is 17.0. The molecule has 10 nitrogen and oxygen atoms in total. The van der Waals surface area contributed by atoms with Gasteiger partial charge in [0.25, 0.3) is 0 Å². The van der Waals surface area contributed by atoms with Gasteiger partial charge < -0.3 is 49.1 Å². The van der Waals surface area contributed by atoms with Crippen molar-refractivity contribution in [3.63, 3.8) is 0 Å². The predicted octanol–water partition coefficient (Wildman–Crippen LogP) is 13.1. The van der Waals surface area contributed by atoms with E-state index in [1.165, 1.54) is 60.5 Å². The van der Waals surface area contributed by atoms with E-state index < -0.39 is 0 Å². The van der Waals surface area contributed by atoms with Crippen LogP contribution in [0.25, 0.3) is 11.4 Å². The van der Waals surface area contributed by atoms with Crippen LogP contribution in [0.3, 0.4) is 0 Å². The second kappa shape index (κ2) is 22.9. The molecule has 1 aliphatic carbocycles. The Kier molecular flexibility index (Phi) is 15.9. The third kappa shape index (κ3) is 10.6. The summed E-state index contributed by atoms with van der Waals surface area (Å²) < 4.78 is 6.06. The summed E-state index contributed by atoms with van der Waals surface area (Å²) in [6.45, 7) is 8.56. The summed E-state index contributed by atoms with van der Waals surface area (Å²) in [5, 5.41) is 0. The number of hydrogen-bond acceptors (Lipinski definition) is 10. The topological polar surface area (TPSA) is 67.3 Å². The summed E-state index contributed by atoms with van der Waals surface area (Å²) in [4.78, 5) is 26.8. The smallest absolute Gasteiger partial charge is 0.0326 e. The van der Waals surface area contributed by atoms with E-state index >= 15 is 0 Å². The van der Waals surface area contributed by atoms with Gasteiger partial charge in [-0.25, -0.2) is 6.07 Å². The Bertz CT molecular complexity index is 2830. The van der Waals surface area contributed by atoms with Crippen LogP contribution in [-0.4, -0.2) is 34.1 Å². The van der Waals surface area contributed by atoms with Crippen LogP contribution in [0.1, 0.15) is 44.9 Å². The molecule has 3 aliphatic heterocycles. The van der Waals surface area contributed by atoms with Gasteiger partial charge in [0.1, 0.15) is 0 Å². The third-order valence-electron chi connectivity index (χ3n) is 12.6. The molecule has 0 bridgehead atoms.